The summed E-state index contributed by atoms with van der Waals surface area (Å²) >= 11 is 0. The normalized spacial score (nSPS) is 16.7. The minimum absolute atomic E-state index is 0.00947. The molecule has 6 rings (SSSR count). The van der Waals surface area contributed by atoms with Crippen LogP contribution >= 0.6 is 0 Å². The van der Waals surface area contributed by atoms with Gasteiger partial charge in [-0.1, -0.05) is 61.7 Å². The molecule has 0 unspecified atom stereocenters. The van der Waals surface area contributed by atoms with Gasteiger partial charge in [0.05, 0.1) is 12.1 Å². The molecule has 1 aliphatic rings. The average molecular weight is 521 g/mol. The molecular formula is C33H36N4O2. The highest BCUT2D eigenvalue weighted by atomic mass is 16.3. The lowest BCUT2D eigenvalue weighted by Crippen LogP contribution is -2.58. The molecule has 0 radical (unpaired) electrons. The van der Waals surface area contributed by atoms with E-state index < -0.39 is 5.54 Å². The van der Waals surface area contributed by atoms with Gasteiger partial charge in [0.15, 0.2) is 0 Å². The maximum Gasteiger partial charge on any atom is 0.240 e. The van der Waals surface area contributed by atoms with Gasteiger partial charge in [0.25, 0.3) is 0 Å². The Morgan fingerprint density at radius 3 is 2.64 bits per heavy atom. The number of H-pyrrole nitrogens is 1. The van der Waals surface area contributed by atoms with Crippen LogP contribution in [0.15, 0.2) is 89.6 Å². The van der Waals surface area contributed by atoms with Crippen LogP contribution < -0.4 is 10.6 Å². The summed E-state index contributed by atoms with van der Waals surface area (Å²) in [5.41, 5.74) is 3.13. The summed E-state index contributed by atoms with van der Waals surface area (Å²) in [6.45, 7) is 3.03. The van der Waals surface area contributed by atoms with Crippen molar-refractivity contribution in [3.63, 3.8) is 0 Å². The highest BCUT2D eigenvalue weighted by Gasteiger charge is 2.39. The van der Waals surface area contributed by atoms with E-state index in [9.17, 15) is 4.79 Å². The Morgan fingerprint density at radius 2 is 1.82 bits per heavy atom. The van der Waals surface area contributed by atoms with Crippen LogP contribution in [0.2, 0.25) is 0 Å². The van der Waals surface area contributed by atoms with Crippen LogP contribution in [0.25, 0.3) is 21.9 Å². The predicted molar refractivity (Wildman–Crippen MR) is 155 cm³/mol. The summed E-state index contributed by atoms with van der Waals surface area (Å²) < 4.78 is 6.07. The number of carbonyl (C=O) groups excluding carboxylic acids is 1. The van der Waals surface area contributed by atoms with Gasteiger partial charge in [-0.15, -0.1) is 0 Å². The zero-order valence-corrected chi connectivity index (χ0v) is 22.5. The Morgan fingerprint density at radius 1 is 1.03 bits per heavy atom. The quantitative estimate of drug-likeness (QED) is 0.209. The molecule has 2 aromatic carbocycles. The van der Waals surface area contributed by atoms with Crippen LogP contribution in [0.5, 0.6) is 0 Å². The zero-order chi connectivity index (χ0) is 26.7. The minimum atomic E-state index is -0.857. The van der Waals surface area contributed by atoms with E-state index in [1.807, 2.05) is 67.8 Å². The van der Waals surface area contributed by atoms with Crippen molar-refractivity contribution in [1.29, 1.82) is 0 Å². The molecule has 6 nitrogen and oxygen atoms in total. The van der Waals surface area contributed by atoms with Crippen LogP contribution in [-0.2, 0) is 23.2 Å². The lowest BCUT2D eigenvalue weighted by molar-refractivity contribution is -0.127. The second-order valence-electron chi connectivity index (χ2n) is 11.2. The Hall–Kier alpha value is -3.90. The fraction of sp³-hybridized carbons (Fsp3) is 0.333. The van der Waals surface area contributed by atoms with E-state index in [1.165, 1.54) is 6.42 Å². The van der Waals surface area contributed by atoms with Crippen molar-refractivity contribution in [2.75, 3.05) is 6.54 Å². The smallest absolute Gasteiger partial charge is 0.240 e. The van der Waals surface area contributed by atoms with Crippen LogP contribution in [-0.4, -0.2) is 28.0 Å². The average Bonchev–Trinajstić information content (AvgIpc) is 3.60. The largest absolute Gasteiger partial charge is 0.460 e. The van der Waals surface area contributed by atoms with Crippen molar-refractivity contribution in [3.8, 4) is 0 Å². The summed E-state index contributed by atoms with van der Waals surface area (Å²) in [5, 5.41) is 9.15. The number of para-hydroxylation sites is 2. The highest BCUT2D eigenvalue weighted by molar-refractivity contribution is 5.89. The molecule has 6 heteroatoms. The molecule has 3 heterocycles. The molecule has 3 N–H and O–H groups in total. The third-order valence-corrected chi connectivity index (χ3v) is 8.46. The molecule has 1 amide bonds. The van der Waals surface area contributed by atoms with E-state index in [0.717, 1.165) is 64.6 Å². The van der Waals surface area contributed by atoms with E-state index >= 15 is 0 Å². The number of aromatic nitrogens is 2. The van der Waals surface area contributed by atoms with Gasteiger partial charge in [0.2, 0.25) is 5.91 Å². The summed E-state index contributed by atoms with van der Waals surface area (Å²) in [6, 6.07) is 24.4. The van der Waals surface area contributed by atoms with Gasteiger partial charge in [-0.2, -0.15) is 0 Å². The molecule has 3 aromatic heterocycles. The third kappa shape index (κ3) is 5.21. The first kappa shape index (κ1) is 25.4. The molecule has 5 aromatic rings. The topological polar surface area (TPSA) is 83.0 Å². The number of aromatic amines is 1. The number of amides is 1. The SMILES string of the molecule is C[C@@](Cc1c[nH]c2ccccc12)(NCc1cc2ccccc2o1)C(=O)NCC1(c2ccccn2)CCCCC1. The molecule has 0 saturated heterocycles. The predicted octanol–water partition coefficient (Wildman–Crippen LogP) is 6.42. The first-order valence-electron chi connectivity index (χ1n) is 14.0. The molecule has 0 spiro atoms. The van der Waals surface area contributed by atoms with Crippen molar-refractivity contribution >= 4 is 27.8 Å². The number of nitrogens with zero attached hydrogens (tertiary/aromatic N) is 1. The number of carbonyl (C=O) groups is 1. The van der Waals surface area contributed by atoms with Gasteiger partial charge < -0.3 is 14.7 Å². The fourth-order valence-electron chi connectivity index (χ4n) is 6.16. The number of benzene rings is 2. The van der Waals surface area contributed by atoms with E-state index in [4.69, 9.17) is 9.40 Å². The van der Waals surface area contributed by atoms with E-state index in [2.05, 4.69) is 39.9 Å². The molecule has 1 aliphatic carbocycles. The van der Waals surface area contributed by atoms with Crippen molar-refractivity contribution in [1.82, 2.24) is 20.6 Å². The van der Waals surface area contributed by atoms with E-state index in [-0.39, 0.29) is 11.3 Å². The fourth-order valence-corrected chi connectivity index (χ4v) is 6.16. The number of rotatable bonds is 9. The van der Waals surface area contributed by atoms with Gasteiger partial charge in [-0.3, -0.25) is 15.1 Å². The number of hydrogen-bond acceptors (Lipinski definition) is 4. The second-order valence-corrected chi connectivity index (χ2v) is 11.2. The monoisotopic (exact) mass is 520 g/mol. The summed E-state index contributed by atoms with van der Waals surface area (Å²) in [6.07, 6.45) is 10.1. The number of pyridine rings is 1. The molecular weight excluding hydrogens is 484 g/mol. The minimum Gasteiger partial charge on any atom is -0.460 e. The van der Waals surface area contributed by atoms with Crippen molar-refractivity contribution < 1.29 is 9.21 Å². The molecule has 1 saturated carbocycles. The zero-order valence-electron chi connectivity index (χ0n) is 22.5. The Kier molecular flexibility index (Phi) is 6.96. The van der Waals surface area contributed by atoms with Crippen LogP contribution in [0, 0.1) is 0 Å². The number of hydrogen-bond donors (Lipinski definition) is 3. The van der Waals surface area contributed by atoms with Gasteiger partial charge in [-0.25, -0.2) is 0 Å². The number of nitrogens with one attached hydrogen (secondary N) is 3. The second kappa shape index (κ2) is 10.7. The first-order chi connectivity index (χ1) is 19.0. The van der Waals surface area contributed by atoms with Crippen LogP contribution in [0.1, 0.15) is 56.0 Å². The maximum absolute atomic E-state index is 14.1. The third-order valence-electron chi connectivity index (χ3n) is 8.46. The van der Waals surface area contributed by atoms with Crippen molar-refractivity contribution in [2.24, 2.45) is 0 Å². The molecule has 0 bridgehead atoms. The van der Waals surface area contributed by atoms with Gasteiger partial charge in [0.1, 0.15) is 11.3 Å². The molecule has 200 valence electrons. The summed E-state index contributed by atoms with van der Waals surface area (Å²) in [4.78, 5) is 22.2. The molecule has 1 fully saturated rings. The van der Waals surface area contributed by atoms with E-state index in [0.29, 0.717) is 19.5 Å². The van der Waals surface area contributed by atoms with Crippen molar-refractivity contribution in [2.45, 2.75) is 62.9 Å². The van der Waals surface area contributed by atoms with Crippen LogP contribution in [0.3, 0.4) is 0 Å². The molecule has 0 aliphatic heterocycles. The van der Waals surface area contributed by atoms with Gasteiger partial charge in [0, 0.05) is 52.8 Å². The van der Waals surface area contributed by atoms with E-state index in [1.54, 1.807) is 0 Å². The van der Waals surface area contributed by atoms with Crippen LogP contribution in [0.4, 0.5) is 0 Å². The highest BCUT2D eigenvalue weighted by Crippen LogP contribution is 2.38. The summed E-state index contributed by atoms with van der Waals surface area (Å²) in [7, 11) is 0. The summed E-state index contributed by atoms with van der Waals surface area (Å²) in [5.74, 6) is 0.802. The molecule has 1 atom stereocenters. The number of furan rings is 1. The van der Waals surface area contributed by atoms with Crippen molar-refractivity contribution in [3.05, 3.63) is 102 Å². The Labute approximate surface area is 229 Å². The standard InChI is InChI=1S/C33H36N4O2/c1-32(20-25-21-35-28-13-5-4-12-27(25)28,37-22-26-19-24-11-3-6-14-29(24)39-26)31(38)36-23-33(16-8-2-9-17-33)30-15-7-10-18-34-30/h3-7,10-15,18-19,21,35,37H,2,8-9,16-17,20,22-23H2,1H3,(H,36,38)/t32-/m0/s1. The lowest BCUT2D eigenvalue weighted by Gasteiger charge is -2.38. The number of fused-ring (bicyclic) bond motifs is 2. The maximum atomic E-state index is 14.1. The first-order valence-corrected chi connectivity index (χ1v) is 14.0. The lowest BCUT2D eigenvalue weighted by atomic mass is 9.71. The van der Waals surface area contributed by atoms with Gasteiger partial charge in [-0.05, 0) is 55.7 Å². The Bertz CT molecular complexity index is 1530. The molecule has 39 heavy (non-hydrogen) atoms. The Balaban J connectivity index is 1.26. The van der Waals surface area contributed by atoms with Gasteiger partial charge >= 0.3 is 0 Å².